The molecule has 21 heavy (non-hydrogen) atoms. The van der Waals surface area contributed by atoms with E-state index in [0.717, 1.165) is 25.7 Å². The summed E-state index contributed by atoms with van der Waals surface area (Å²) in [5, 5.41) is 3.22. The van der Waals surface area contributed by atoms with Gasteiger partial charge in [-0.2, -0.15) is 0 Å². The summed E-state index contributed by atoms with van der Waals surface area (Å²) in [6.07, 6.45) is 6.82. The summed E-state index contributed by atoms with van der Waals surface area (Å²) in [4.78, 5) is 11.8. The van der Waals surface area contributed by atoms with E-state index in [1.165, 1.54) is 25.0 Å². The van der Waals surface area contributed by atoms with E-state index in [0.29, 0.717) is 5.69 Å². The van der Waals surface area contributed by atoms with Crippen LogP contribution in [0.1, 0.15) is 55.8 Å². The van der Waals surface area contributed by atoms with Crippen LogP contribution in [0.2, 0.25) is 0 Å². The standard InChI is InChI=1S/C16H23FN2O2/c1-2-21-16(20)12-9-15(13(17)10-14(12)18)19-11-7-5-3-4-6-8-11/h9-11,19H,2-8,18H2,1H3. The van der Waals surface area contributed by atoms with E-state index in [1.807, 2.05) is 0 Å². The van der Waals surface area contributed by atoms with Gasteiger partial charge in [-0.05, 0) is 31.9 Å². The Bertz CT molecular complexity index is 497. The van der Waals surface area contributed by atoms with E-state index in [2.05, 4.69) is 5.32 Å². The highest BCUT2D eigenvalue weighted by molar-refractivity contribution is 5.96. The Hall–Kier alpha value is -1.78. The Morgan fingerprint density at radius 2 is 2.00 bits per heavy atom. The Morgan fingerprint density at radius 3 is 2.62 bits per heavy atom. The second-order valence-electron chi connectivity index (χ2n) is 5.47. The third-order valence-electron chi connectivity index (χ3n) is 3.85. The minimum atomic E-state index is -0.515. The first-order chi connectivity index (χ1) is 10.1. The summed E-state index contributed by atoms with van der Waals surface area (Å²) < 4.78 is 19.0. The SMILES string of the molecule is CCOC(=O)c1cc(NC2CCCCCC2)c(F)cc1N. The monoisotopic (exact) mass is 294 g/mol. The van der Waals surface area contributed by atoms with Gasteiger partial charge in [0, 0.05) is 11.7 Å². The summed E-state index contributed by atoms with van der Waals surface area (Å²) in [5.41, 5.74) is 6.37. The number of nitrogen functional groups attached to an aromatic ring is 1. The van der Waals surface area contributed by atoms with Gasteiger partial charge in [-0.3, -0.25) is 0 Å². The maximum absolute atomic E-state index is 14.0. The van der Waals surface area contributed by atoms with Crippen molar-refractivity contribution >= 4 is 17.3 Å². The van der Waals surface area contributed by atoms with Gasteiger partial charge in [-0.25, -0.2) is 9.18 Å². The molecular weight excluding hydrogens is 271 g/mol. The van der Waals surface area contributed by atoms with Crippen molar-refractivity contribution in [1.29, 1.82) is 0 Å². The summed E-state index contributed by atoms with van der Waals surface area (Å²) in [6.45, 7) is 1.99. The zero-order valence-corrected chi connectivity index (χ0v) is 12.5. The second-order valence-corrected chi connectivity index (χ2v) is 5.47. The zero-order chi connectivity index (χ0) is 15.2. The van der Waals surface area contributed by atoms with Crippen molar-refractivity contribution in [2.45, 2.75) is 51.5 Å². The topological polar surface area (TPSA) is 64.3 Å². The van der Waals surface area contributed by atoms with Crippen molar-refractivity contribution in [3.63, 3.8) is 0 Å². The van der Waals surface area contributed by atoms with E-state index < -0.39 is 11.8 Å². The van der Waals surface area contributed by atoms with Crippen LogP contribution in [0.25, 0.3) is 0 Å². The minimum Gasteiger partial charge on any atom is -0.462 e. The number of nitrogens with two attached hydrogens (primary N) is 1. The van der Waals surface area contributed by atoms with Crippen LogP contribution in [0.4, 0.5) is 15.8 Å². The molecule has 0 atom stereocenters. The van der Waals surface area contributed by atoms with Crippen LogP contribution >= 0.6 is 0 Å². The van der Waals surface area contributed by atoms with Crippen LogP contribution in [0.5, 0.6) is 0 Å². The number of carbonyl (C=O) groups is 1. The first-order valence-electron chi connectivity index (χ1n) is 7.64. The second kappa shape index (κ2) is 7.29. The predicted molar refractivity (Wildman–Crippen MR) is 81.9 cm³/mol. The highest BCUT2D eigenvalue weighted by Gasteiger charge is 2.18. The molecule has 0 unspecified atom stereocenters. The molecule has 2 rings (SSSR count). The van der Waals surface area contributed by atoms with E-state index in [4.69, 9.17) is 10.5 Å². The maximum atomic E-state index is 14.0. The molecular formula is C16H23FN2O2. The van der Waals surface area contributed by atoms with Gasteiger partial charge >= 0.3 is 5.97 Å². The Balaban J connectivity index is 2.18. The van der Waals surface area contributed by atoms with Crippen LogP contribution in [0.3, 0.4) is 0 Å². The van der Waals surface area contributed by atoms with Crippen LogP contribution < -0.4 is 11.1 Å². The molecule has 1 aliphatic carbocycles. The number of hydrogen-bond donors (Lipinski definition) is 2. The van der Waals surface area contributed by atoms with Crippen molar-refractivity contribution in [1.82, 2.24) is 0 Å². The fourth-order valence-electron chi connectivity index (χ4n) is 2.73. The average molecular weight is 294 g/mol. The van der Waals surface area contributed by atoms with Crippen LogP contribution in [-0.2, 0) is 4.74 Å². The number of ether oxygens (including phenoxy) is 1. The Labute approximate surface area is 124 Å². The molecule has 0 aromatic heterocycles. The van der Waals surface area contributed by atoms with Gasteiger partial charge in [0.15, 0.2) is 0 Å². The fraction of sp³-hybridized carbons (Fsp3) is 0.562. The molecule has 1 fully saturated rings. The van der Waals surface area contributed by atoms with E-state index >= 15 is 0 Å². The summed E-state index contributed by atoms with van der Waals surface area (Å²) in [6, 6.07) is 2.90. The normalized spacial score (nSPS) is 16.3. The van der Waals surface area contributed by atoms with Crippen molar-refractivity contribution < 1.29 is 13.9 Å². The van der Waals surface area contributed by atoms with Gasteiger partial charge in [-0.15, -0.1) is 0 Å². The van der Waals surface area contributed by atoms with Crippen molar-refractivity contribution in [2.24, 2.45) is 0 Å². The number of anilines is 2. The number of benzene rings is 1. The maximum Gasteiger partial charge on any atom is 0.340 e. The highest BCUT2D eigenvalue weighted by Crippen LogP contribution is 2.26. The lowest BCUT2D eigenvalue weighted by Gasteiger charge is -2.19. The largest absolute Gasteiger partial charge is 0.462 e. The molecule has 5 heteroatoms. The van der Waals surface area contributed by atoms with Gasteiger partial charge in [-0.1, -0.05) is 25.7 Å². The molecule has 0 radical (unpaired) electrons. The fourth-order valence-corrected chi connectivity index (χ4v) is 2.73. The van der Waals surface area contributed by atoms with Crippen LogP contribution in [0, 0.1) is 5.82 Å². The van der Waals surface area contributed by atoms with Gasteiger partial charge in [0.1, 0.15) is 5.82 Å². The molecule has 1 saturated carbocycles. The first kappa shape index (κ1) is 15.6. The Kier molecular flexibility index (Phi) is 5.42. The lowest BCUT2D eigenvalue weighted by atomic mass is 10.1. The van der Waals surface area contributed by atoms with E-state index in [9.17, 15) is 9.18 Å². The minimum absolute atomic E-state index is 0.109. The summed E-state index contributed by atoms with van der Waals surface area (Å²) >= 11 is 0. The summed E-state index contributed by atoms with van der Waals surface area (Å²) in [7, 11) is 0. The molecule has 116 valence electrons. The number of hydrogen-bond acceptors (Lipinski definition) is 4. The predicted octanol–water partition coefficient (Wildman–Crippen LogP) is 3.72. The van der Waals surface area contributed by atoms with E-state index in [1.54, 1.807) is 6.92 Å². The van der Waals surface area contributed by atoms with E-state index in [-0.39, 0.29) is 23.9 Å². The molecule has 0 aliphatic heterocycles. The molecule has 1 aromatic rings. The van der Waals surface area contributed by atoms with Gasteiger partial charge in [0.25, 0.3) is 0 Å². The first-order valence-corrected chi connectivity index (χ1v) is 7.64. The average Bonchev–Trinajstić information content (AvgIpc) is 2.70. The summed E-state index contributed by atoms with van der Waals surface area (Å²) in [5.74, 6) is -0.941. The molecule has 0 heterocycles. The molecule has 1 aliphatic rings. The Morgan fingerprint density at radius 1 is 1.33 bits per heavy atom. The number of carbonyl (C=O) groups excluding carboxylic acids is 1. The quantitative estimate of drug-likeness (QED) is 0.504. The third kappa shape index (κ3) is 4.09. The number of nitrogens with one attached hydrogen (secondary N) is 1. The molecule has 0 amide bonds. The number of rotatable bonds is 4. The lowest BCUT2D eigenvalue weighted by molar-refractivity contribution is 0.0527. The zero-order valence-electron chi connectivity index (χ0n) is 12.5. The van der Waals surface area contributed by atoms with Crippen molar-refractivity contribution in [2.75, 3.05) is 17.7 Å². The van der Waals surface area contributed by atoms with Crippen molar-refractivity contribution in [3.05, 3.63) is 23.5 Å². The molecule has 0 spiro atoms. The van der Waals surface area contributed by atoms with Gasteiger partial charge in [0.2, 0.25) is 0 Å². The smallest absolute Gasteiger partial charge is 0.340 e. The molecule has 3 N–H and O–H groups in total. The molecule has 1 aromatic carbocycles. The number of halogens is 1. The third-order valence-corrected chi connectivity index (χ3v) is 3.85. The van der Waals surface area contributed by atoms with Crippen molar-refractivity contribution in [3.8, 4) is 0 Å². The molecule has 0 bridgehead atoms. The lowest BCUT2D eigenvalue weighted by Crippen LogP contribution is -2.20. The van der Waals surface area contributed by atoms with Crippen LogP contribution in [-0.4, -0.2) is 18.6 Å². The van der Waals surface area contributed by atoms with Gasteiger partial charge < -0.3 is 15.8 Å². The van der Waals surface area contributed by atoms with Gasteiger partial charge in [0.05, 0.1) is 17.9 Å². The molecule has 0 saturated heterocycles. The molecule has 4 nitrogen and oxygen atoms in total. The van der Waals surface area contributed by atoms with Crippen LogP contribution in [0.15, 0.2) is 12.1 Å². The number of esters is 1. The highest BCUT2D eigenvalue weighted by atomic mass is 19.1.